The Morgan fingerprint density at radius 1 is 1.23 bits per heavy atom. The van der Waals surface area contributed by atoms with Crippen molar-refractivity contribution in [3.63, 3.8) is 0 Å². The van der Waals surface area contributed by atoms with E-state index >= 15 is 0 Å². The standard InChI is InChI=1S/C15H13F3N2O2/c1-2-22-14(21)12-4-3-9-19-13(12)20-11-7-5-10(6-8-11)15(16,17)18/h3-9H,2H2,1H3,(H,19,20). The summed E-state index contributed by atoms with van der Waals surface area (Å²) in [5.41, 5.74) is -0.147. The third-order valence-corrected chi connectivity index (χ3v) is 2.78. The number of anilines is 2. The lowest BCUT2D eigenvalue weighted by molar-refractivity contribution is -0.137. The van der Waals surface area contributed by atoms with Gasteiger partial charge in [-0.25, -0.2) is 9.78 Å². The van der Waals surface area contributed by atoms with Gasteiger partial charge in [0.25, 0.3) is 0 Å². The smallest absolute Gasteiger partial charge is 0.416 e. The minimum atomic E-state index is -4.39. The van der Waals surface area contributed by atoms with E-state index in [-0.39, 0.29) is 18.0 Å². The van der Waals surface area contributed by atoms with Gasteiger partial charge in [-0.05, 0) is 43.3 Å². The molecule has 0 bridgehead atoms. The van der Waals surface area contributed by atoms with E-state index in [1.165, 1.54) is 24.4 Å². The molecular formula is C15H13F3N2O2. The van der Waals surface area contributed by atoms with Crippen molar-refractivity contribution in [2.45, 2.75) is 13.1 Å². The van der Waals surface area contributed by atoms with E-state index in [2.05, 4.69) is 10.3 Å². The van der Waals surface area contributed by atoms with Crippen LogP contribution in [0.25, 0.3) is 0 Å². The van der Waals surface area contributed by atoms with E-state index in [9.17, 15) is 18.0 Å². The molecule has 0 amide bonds. The topological polar surface area (TPSA) is 51.2 Å². The first-order valence-corrected chi connectivity index (χ1v) is 6.48. The predicted molar refractivity (Wildman–Crippen MR) is 74.9 cm³/mol. The Kier molecular flexibility index (Phi) is 4.65. The highest BCUT2D eigenvalue weighted by Gasteiger charge is 2.30. The summed E-state index contributed by atoms with van der Waals surface area (Å²) >= 11 is 0. The van der Waals surface area contributed by atoms with Gasteiger partial charge in [0.2, 0.25) is 0 Å². The molecule has 0 aliphatic rings. The number of hydrogen-bond acceptors (Lipinski definition) is 4. The van der Waals surface area contributed by atoms with Crippen LogP contribution in [0.2, 0.25) is 0 Å². The SMILES string of the molecule is CCOC(=O)c1cccnc1Nc1ccc(C(F)(F)F)cc1. The lowest BCUT2D eigenvalue weighted by Gasteiger charge is -2.11. The number of benzene rings is 1. The number of rotatable bonds is 4. The zero-order valence-electron chi connectivity index (χ0n) is 11.6. The van der Waals surface area contributed by atoms with E-state index in [1.807, 2.05) is 0 Å². The Balaban J connectivity index is 2.22. The number of ether oxygens (including phenoxy) is 1. The maximum atomic E-state index is 12.5. The van der Waals surface area contributed by atoms with Crippen LogP contribution in [0.15, 0.2) is 42.6 Å². The van der Waals surface area contributed by atoms with Gasteiger partial charge in [0.15, 0.2) is 0 Å². The molecule has 0 unspecified atom stereocenters. The van der Waals surface area contributed by atoms with Gasteiger partial charge < -0.3 is 10.1 Å². The number of halogens is 3. The summed E-state index contributed by atoms with van der Waals surface area (Å²) in [6, 6.07) is 7.55. The van der Waals surface area contributed by atoms with Crippen molar-refractivity contribution in [2.24, 2.45) is 0 Å². The molecule has 1 N–H and O–H groups in total. The molecule has 7 heteroatoms. The molecule has 1 aromatic carbocycles. The average Bonchev–Trinajstić information content (AvgIpc) is 2.47. The molecule has 0 aliphatic heterocycles. The quantitative estimate of drug-likeness (QED) is 0.867. The largest absolute Gasteiger partial charge is 0.462 e. The van der Waals surface area contributed by atoms with Gasteiger partial charge in [-0.2, -0.15) is 13.2 Å². The molecule has 0 saturated carbocycles. The van der Waals surface area contributed by atoms with Crippen LogP contribution < -0.4 is 5.32 Å². The van der Waals surface area contributed by atoms with E-state index in [1.54, 1.807) is 13.0 Å². The average molecular weight is 310 g/mol. The predicted octanol–water partition coefficient (Wildman–Crippen LogP) is 4.02. The highest BCUT2D eigenvalue weighted by Crippen LogP contribution is 2.30. The molecule has 2 rings (SSSR count). The van der Waals surface area contributed by atoms with Crippen LogP contribution in [0.3, 0.4) is 0 Å². The summed E-state index contributed by atoms with van der Waals surface area (Å²) in [6.07, 6.45) is -2.92. The first-order valence-electron chi connectivity index (χ1n) is 6.48. The number of hydrogen-bond donors (Lipinski definition) is 1. The van der Waals surface area contributed by atoms with E-state index in [0.29, 0.717) is 5.69 Å². The van der Waals surface area contributed by atoms with Gasteiger partial charge >= 0.3 is 12.1 Å². The van der Waals surface area contributed by atoms with Crippen molar-refractivity contribution < 1.29 is 22.7 Å². The molecule has 0 aliphatic carbocycles. The molecule has 0 radical (unpaired) electrons. The normalized spacial score (nSPS) is 11.1. The second-order valence-corrected chi connectivity index (χ2v) is 4.32. The molecule has 22 heavy (non-hydrogen) atoms. The number of nitrogens with one attached hydrogen (secondary N) is 1. The van der Waals surface area contributed by atoms with Crippen molar-refractivity contribution in [3.8, 4) is 0 Å². The van der Waals surface area contributed by atoms with Gasteiger partial charge in [-0.1, -0.05) is 0 Å². The molecule has 1 aromatic heterocycles. The Labute approximate surface area is 124 Å². The summed E-state index contributed by atoms with van der Waals surface area (Å²) in [7, 11) is 0. The van der Waals surface area contributed by atoms with Gasteiger partial charge in [0.1, 0.15) is 11.4 Å². The Morgan fingerprint density at radius 2 is 1.91 bits per heavy atom. The second kappa shape index (κ2) is 6.46. The van der Waals surface area contributed by atoms with Crippen LogP contribution >= 0.6 is 0 Å². The first kappa shape index (κ1) is 15.8. The fourth-order valence-electron chi connectivity index (χ4n) is 1.76. The van der Waals surface area contributed by atoms with E-state index in [4.69, 9.17) is 4.74 Å². The lowest BCUT2D eigenvalue weighted by atomic mass is 10.2. The zero-order chi connectivity index (χ0) is 16.2. The third kappa shape index (κ3) is 3.75. The molecule has 2 aromatic rings. The number of alkyl halides is 3. The number of pyridine rings is 1. The van der Waals surface area contributed by atoms with Crippen molar-refractivity contribution in [1.82, 2.24) is 4.98 Å². The molecule has 0 saturated heterocycles. The van der Waals surface area contributed by atoms with Crippen LogP contribution in [-0.2, 0) is 10.9 Å². The van der Waals surface area contributed by atoms with Crippen molar-refractivity contribution in [2.75, 3.05) is 11.9 Å². The number of carbonyl (C=O) groups excluding carboxylic acids is 1. The van der Waals surface area contributed by atoms with Gasteiger partial charge in [0, 0.05) is 11.9 Å². The van der Waals surface area contributed by atoms with Crippen molar-refractivity contribution >= 4 is 17.5 Å². The summed E-state index contributed by atoms with van der Waals surface area (Å²) in [5, 5.41) is 2.81. The maximum Gasteiger partial charge on any atom is 0.416 e. The van der Waals surface area contributed by atoms with Gasteiger partial charge in [-0.3, -0.25) is 0 Å². The Hall–Kier alpha value is -2.57. The highest BCUT2D eigenvalue weighted by atomic mass is 19.4. The molecule has 0 atom stereocenters. The second-order valence-electron chi connectivity index (χ2n) is 4.32. The molecule has 0 spiro atoms. The summed E-state index contributed by atoms with van der Waals surface area (Å²) < 4.78 is 42.4. The number of esters is 1. The van der Waals surface area contributed by atoms with Crippen molar-refractivity contribution in [3.05, 3.63) is 53.7 Å². The lowest BCUT2D eigenvalue weighted by Crippen LogP contribution is -2.09. The monoisotopic (exact) mass is 310 g/mol. The third-order valence-electron chi connectivity index (χ3n) is 2.78. The Bertz CT molecular complexity index is 655. The number of aromatic nitrogens is 1. The minimum absolute atomic E-state index is 0.212. The summed E-state index contributed by atoms with van der Waals surface area (Å²) in [5.74, 6) is -0.328. The summed E-state index contributed by atoms with van der Waals surface area (Å²) in [4.78, 5) is 15.8. The Morgan fingerprint density at radius 3 is 2.50 bits per heavy atom. The van der Waals surface area contributed by atoms with Crippen LogP contribution in [0.5, 0.6) is 0 Å². The zero-order valence-corrected chi connectivity index (χ0v) is 11.6. The number of nitrogens with zero attached hydrogens (tertiary/aromatic N) is 1. The van der Waals surface area contributed by atoms with Crippen LogP contribution in [-0.4, -0.2) is 17.6 Å². The fraction of sp³-hybridized carbons (Fsp3) is 0.200. The van der Waals surface area contributed by atoms with Crippen LogP contribution in [0, 0.1) is 0 Å². The maximum absolute atomic E-state index is 12.5. The van der Waals surface area contributed by atoms with E-state index < -0.39 is 17.7 Å². The molecule has 1 heterocycles. The highest BCUT2D eigenvalue weighted by molar-refractivity contribution is 5.95. The van der Waals surface area contributed by atoms with Crippen LogP contribution in [0.4, 0.5) is 24.7 Å². The molecule has 116 valence electrons. The summed E-state index contributed by atoms with van der Waals surface area (Å²) in [6.45, 7) is 1.89. The number of carbonyl (C=O) groups is 1. The first-order chi connectivity index (χ1) is 10.4. The minimum Gasteiger partial charge on any atom is -0.462 e. The van der Waals surface area contributed by atoms with Crippen LogP contribution in [0.1, 0.15) is 22.8 Å². The van der Waals surface area contributed by atoms with Gasteiger partial charge in [0.05, 0.1) is 12.2 Å². The fourth-order valence-corrected chi connectivity index (χ4v) is 1.76. The molecule has 0 fully saturated rings. The molecular weight excluding hydrogens is 297 g/mol. The van der Waals surface area contributed by atoms with Crippen molar-refractivity contribution in [1.29, 1.82) is 0 Å². The molecule has 4 nitrogen and oxygen atoms in total. The van der Waals surface area contributed by atoms with Gasteiger partial charge in [-0.15, -0.1) is 0 Å². The van der Waals surface area contributed by atoms with E-state index in [0.717, 1.165) is 12.1 Å².